The molecule has 4 unspecified atom stereocenters. The predicted octanol–water partition coefficient (Wildman–Crippen LogP) is 3.58. The monoisotopic (exact) mass is 652 g/mol. The van der Waals surface area contributed by atoms with Gasteiger partial charge in [-0.1, -0.05) is 11.3 Å². The summed E-state index contributed by atoms with van der Waals surface area (Å²) in [5, 5.41) is 4.22. The molecule has 5 aliphatic heterocycles. The number of methoxy groups -OCH3 is 1. The molecule has 3 aromatic heterocycles. The van der Waals surface area contributed by atoms with Gasteiger partial charge in [0, 0.05) is 55.8 Å². The molecule has 46 heavy (non-hydrogen) atoms. The van der Waals surface area contributed by atoms with E-state index in [4.69, 9.17) is 20.2 Å². The fourth-order valence-electron chi connectivity index (χ4n) is 7.89. The summed E-state index contributed by atoms with van der Waals surface area (Å²) >= 11 is 1.09. The van der Waals surface area contributed by atoms with Gasteiger partial charge in [0.05, 0.1) is 41.8 Å². The topological polar surface area (TPSA) is 124 Å². The number of hydrogen-bond donors (Lipinski definition) is 2. The van der Waals surface area contributed by atoms with Crippen LogP contribution in [0.1, 0.15) is 32.1 Å². The number of alkyl halides is 1. The zero-order chi connectivity index (χ0) is 31.5. The van der Waals surface area contributed by atoms with Crippen LogP contribution in [0.25, 0.3) is 32.4 Å². The van der Waals surface area contributed by atoms with Gasteiger partial charge in [-0.25, -0.2) is 13.8 Å². The van der Waals surface area contributed by atoms with Crippen molar-refractivity contribution in [2.75, 3.05) is 57.1 Å². The quantitative estimate of drug-likeness (QED) is 0.331. The van der Waals surface area contributed by atoms with Crippen molar-refractivity contribution in [2.24, 2.45) is 5.92 Å². The van der Waals surface area contributed by atoms with E-state index in [1.165, 1.54) is 26.0 Å². The number of aromatic nitrogens is 4. The van der Waals surface area contributed by atoms with Crippen LogP contribution in [-0.4, -0.2) is 95.2 Å². The second kappa shape index (κ2) is 12.0. The lowest BCUT2D eigenvalue weighted by molar-refractivity contribution is -0.0395. The van der Waals surface area contributed by atoms with E-state index in [-0.39, 0.29) is 34.7 Å². The molecule has 11 nitrogen and oxygen atoms in total. The Hall–Kier alpha value is -3.46. The van der Waals surface area contributed by atoms with Gasteiger partial charge >= 0.3 is 6.01 Å². The molecule has 2 bridgehead atoms. The summed E-state index contributed by atoms with van der Waals surface area (Å²) in [7, 11) is 1.53. The van der Waals surface area contributed by atoms with Crippen LogP contribution in [0.15, 0.2) is 23.0 Å². The predicted molar refractivity (Wildman–Crippen MR) is 174 cm³/mol. The first-order chi connectivity index (χ1) is 22.4. The van der Waals surface area contributed by atoms with Gasteiger partial charge < -0.3 is 30.0 Å². The number of nitrogen functional groups attached to an aromatic ring is 1. The molecular weight excluding hydrogens is 614 g/mol. The summed E-state index contributed by atoms with van der Waals surface area (Å²) < 4.78 is 40.2. The Labute approximate surface area is 268 Å². The number of thiazole rings is 1. The van der Waals surface area contributed by atoms with E-state index in [0.717, 1.165) is 50.2 Å². The molecule has 0 amide bonds. The number of hydrogen-bond acceptors (Lipinski definition) is 11. The third kappa shape index (κ3) is 5.19. The first-order valence-electron chi connectivity index (χ1n) is 16.2. The van der Waals surface area contributed by atoms with E-state index in [1.54, 1.807) is 10.6 Å². The lowest BCUT2D eigenvalue weighted by atomic mass is 10.0. The SMILES string of the molecule is COc1nc(N2C3CCC2CNC3)c2c(=O)n(CC3COC3)c(-c3ccc(F)c4sc(N)nc34)cc2n1.FC1CC2CCCN2C1. The molecule has 5 fully saturated rings. The fourth-order valence-corrected chi connectivity index (χ4v) is 8.65. The summed E-state index contributed by atoms with van der Waals surface area (Å²) in [6.07, 6.45) is 4.89. The Balaban J connectivity index is 0.000000297. The number of pyridine rings is 1. The summed E-state index contributed by atoms with van der Waals surface area (Å²) in [6, 6.07) is 6.24. The van der Waals surface area contributed by atoms with Gasteiger partial charge in [0.1, 0.15) is 23.2 Å². The van der Waals surface area contributed by atoms with Crippen molar-refractivity contribution in [3.05, 3.63) is 34.4 Å². The highest BCUT2D eigenvalue weighted by Crippen LogP contribution is 2.39. The highest BCUT2D eigenvalue weighted by molar-refractivity contribution is 7.22. The Morgan fingerprint density at radius 3 is 2.65 bits per heavy atom. The van der Waals surface area contributed by atoms with E-state index >= 15 is 0 Å². The summed E-state index contributed by atoms with van der Waals surface area (Å²) in [5.74, 6) is 0.423. The van der Waals surface area contributed by atoms with Crippen molar-refractivity contribution < 1.29 is 18.3 Å². The number of fused-ring (bicyclic) bond motifs is 5. The van der Waals surface area contributed by atoms with Crippen molar-refractivity contribution in [1.29, 1.82) is 0 Å². The molecule has 5 aliphatic rings. The summed E-state index contributed by atoms with van der Waals surface area (Å²) in [5.41, 5.74) is 7.93. The van der Waals surface area contributed by atoms with E-state index in [1.807, 2.05) is 6.07 Å². The maximum atomic E-state index is 14.6. The third-order valence-corrected chi connectivity index (χ3v) is 11.0. The van der Waals surface area contributed by atoms with Gasteiger partial charge in [-0.3, -0.25) is 9.69 Å². The molecule has 8 heterocycles. The Morgan fingerprint density at radius 2 is 1.93 bits per heavy atom. The number of nitrogens with zero attached hydrogens (tertiary/aromatic N) is 6. The van der Waals surface area contributed by atoms with Crippen molar-refractivity contribution in [3.63, 3.8) is 0 Å². The Kier molecular flexibility index (Phi) is 7.78. The largest absolute Gasteiger partial charge is 0.467 e. The van der Waals surface area contributed by atoms with Gasteiger partial charge in [-0.05, 0) is 56.8 Å². The zero-order valence-corrected chi connectivity index (χ0v) is 26.6. The Morgan fingerprint density at radius 1 is 1.13 bits per heavy atom. The average molecular weight is 653 g/mol. The molecule has 0 saturated carbocycles. The number of benzene rings is 1. The normalized spacial score (nSPS) is 25.9. The van der Waals surface area contributed by atoms with Crippen molar-refractivity contribution >= 4 is 43.4 Å². The lowest BCUT2D eigenvalue weighted by Gasteiger charge is -2.36. The number of piperazine rings is 1. The molecule has 3 N–H and O–H groups in total. The first-order valence-corrected chi connectivity index (χ1v) is 17.0. The van der Waals surface area contributed by atoms with Crippen molar-refractivity contribution in [1.82, 2.24) is 29.7 Å². The molecule has 5 saturated heterocycles. The third-order valence-electron chi connectivity index (χ3n) is 10.1. The van der Waals surface area contributed by atoms with E-state index in [0.29, 0.717) is 70.5 Å². The maximum absolute atomic E-state index is 14.6. The minimum absolute atomic E-state index is 0.185. The number of halogens is 2. The number of nitrogens with two attached hydrogens (primary N) is 1. The molecule has 0 aliphatic carbocycles. The zero-order valence-electron chi connectivity index (χ0n) is 25.8. The van der Waals surface area contributed by atoms with Crippen molar-refractivity contribution in [2.45, 2.75) is 62.9 Å². The molecule has 14 heteroatoms. The molecule has 244 valence electrons. The van der Waals surface area contributed by atoms with E-state index in [9.17, 15) is 13.6 Å². The molecule has 1 aromatic carbocycles. The minimum atomic E-state index is -0.518. The maximum Gasteiger partial charge on any atom is 0.318 e. The second-order valence-electron chi connectivity index (χ2n) is 13.0. The van der Waals surface area contributed by atoms with Gasteiger partial charge in [0.15, 0.2) is 5.13 Å². The number of nitrogens with one attached hydrogen (secondary N) is 1. The molecular formula is C32H38F2N8O3S. The van der Waals surface area contributed by atoms with Crippen LogP contribution in [0.4, 0.5) is 19.7 Å². The van der Waals surface area contributed by atoms with Gasteiger partial charge in [0.25, 0.3) is 5.56 Å². The summed E-state index contributed by atoms with van der Waals surface area (Å²) in [6.45, 7) is 5.17. The molecule has 4 atom stereocenters. The smallest absolute Gasteiger partial charge is 0.318 e. The van der Waals surface area contributed by atoms with Gasteiger partial charge in [-0.15, -0.1) is 0 Å². The minimum Gasteiger partial charge on any atom is -0.467 e. The van der Waals surface area contributed by atoms with E-state index in [2.05, 4.69) is 25.1 Å². The summed E-state index contributed by atoms with van der Waals surface area (Å²) in [4.78, 5) is 32.6. The number of anilines is 2. The molecule has 0 radical (unpaired) electrons. The lowest BCUT2D eigenvalue weighted by Crippen LogP contribution is -2.52. The molecule has 9 rings (SSSR count). The van der Waals surface area contributed by atoms with E-state index < -0.39 is 12.0 Å². The Bertz CT molecular complexity index is 1820. The highest BCUT2D eigenvalue weighted by Gasteiger charge is 2.39. The van der Waals surface area contributed by atoms with Crippen LogP contribution >= 0.6 is 11.3 Å². The van der Waals surface area contributed by atoms with Crippen molar-refractivity contribution in [3.8, 4) is 17.3 Å². The standard InChI is InChI=1S/C25H26FN7O3S.C7H12FN/c1-35-25-29-17-6-18(15-4-5-16(26)21-20(15)30-24(27)37-21)32(9-12-10-36-11-12)23(34)19(17)22(31-25)33-13-2-3-14(33)8-28-7-13;8-6-4-7-2-1-3-9(7)5-6/h4-6,12-14,28H,2-3,7-11H2,1H3,(H2,27,30);6-7H,1-5H2. The van der Waals surface area contributed by atoms with Crippen LogP contribution in [0, 0.1) is 11.7 Å². The number of rotatable bonds is 5. The second-order valence-corrected chi connectivity index (χ2v) is 14.1. The van der Waals surface area contributed by atoms with Gasteiger partial charge in [0.2, 0.25) is 0 Å². The first kappa shape index (κ1) is 29.9. The number of ether oxygens (including phenoxy) is 2. The van der Waals surface area contributed by atoms with Crippen LogP contribution in [0.3, 0.4) is 0 Å². The fraction of sp³-hybridized carbons (Fsp3) is 0.562. The van der Waals surface area contributed by atoms with Crippen LogP contribution in [0.5, 0.6) is 6.01 Å². The highest BCUT2D eigenvalue weighted by atomic mass is 32.1. The van der Waals surface area contributed by atoms with Gasteiger partial charge in [-0.2, -0.15) is 9.97 Å². The molecule has 4 aromatic rings. The molecule has 0 spiro atoms. The van der Waals surface area contributed by atoms with Crippen LogP contribution in [-0.2, 0) is 11.3 Å². The van der Waals surface area contributed by atoms with Crippen LogP contribution < -0.4 is 26.2 Å². The van der Waals surface area contributed by atoms with Crippen LogP contribution in [0.2, 0.25) is 0 Å². The average Bonchev–Trinajstić information content (AvgIpc) is 3.77.